The van der Waals surface area contributed by atoms with E-state index in [0.29, 0.717) is 26.6 Å². The van der Waals surface area contributed by atoms with Crippen molar-refractivity contribution in [3.8, 4) is 11.4 Å². The van der Waals surface area contributed by atoms with Gasteiger partial charge in [0.15, 0.2) is 5.82 Å². The molecule has 0 bridgehead atoms. The normalized spacial score (nSPS) is 10.9. The van der Waals surface area contributed by atoms with E-state index in [2.05, 4.69) is 17.1 Å². The van der Waals surface area contributed by atoms with Crippen LogP contribution in [0.2, 0.25) is 10.0 Å². The van der Waals surface area contributed by atoms with E-state index in [1.54, 1.807) is 30.0 Å². The minimum absolute atomic E-state index is 0.520. The molecule has 0 saturated heterocycles. The van der Waals surface area contributed by atoms with Gasteiger partial charge in [0.25, 0.3) is 0 Å². The Morgan fingerprint density at radius 2 is 2.11 bits per heavy atom. The highest BCUT2D eigenvalue weighted by Gasteiger charge is 2.15. The van der Waals surface area contributed by atoms with Crippen LogP contribution in [-0.4, -0.2) is 20.6 Å². The molecular weight excluding hydrogens is 303 g/mol. The van der Waals surface area contributed by atoms with E-state index < -0.39 is 0 Å². The molecule has 0 saturated carbocycles. The Balaban J connectivity index is 2.28. The van der Waals surface area contributed by atoms with E-state index in [-0.39, 0.29) is 0 Å². The lowest BCUT2D eigenvalue weighted by molar-refractivity contribution is 0.840. The number of halogens is 2. The predicted molar refractivity (Wildman–Crippen MR) is 81.3 cm³/mol. The maximum absolute atomic E-state index is 6.14. The molecule has 0 unspecified atom stereocenters. The summed E-state index contributed by atoms with van der Waals surface area (Å²) in [7, 11) is 0. The fraction of sp³-hybridized carbons (Fsp3) is 0.333. The minimum atomic E-state index is 0.520. The summed E-state index contributed by atoms with van der Waals surface area (Å²) in [4.78, 5) is 0. The molecule has 0 amide bonds. The minimum Gasteiger partial charge on any atom is -0.335 e. The first kappa shape index (κ1) is 14.5. The van der Waals surface area contributed by atoms with Crippen molar-refractivity contribution in [1.82, 2.24) is 14.9 Å². The third-order valence-corrected chi connectivity index (χ3v) is 4.16. The molecule has 1 aromatic heterocycles. The summed E-state index contributed by atoms with van der Waals surface area (Å²) in [6, 6.07) is 5.18. The molecule has 0 aliphatic heterocycles. The first-order valence-corrected chi connectivity index (χ1v) is 7.66. The van der Waals surface area contributed by atoms with Crippen LogP contribution in [0.25, 0.3) is 11.4 Å². The van der Waals surface area contributed by atoms with Crippen molar-refractivity contribution in [2.24, 2.45) is 0 Å². The van der Waals surface area contributed by atoms with Gasteiger partial charge in [-0.3, -0.25) is 0 Å². The highest BCUT2D eigenvalue weighted by Crippen LogP contribution is 2.30. The summed E-state index contributed by atoms with van der Waals surface area (Å²) >= 11 is 13.7. The lowest BCUT2D eigenvalue weighted by atomic mass is 10.2. The van der Waals surface area contributed by atoms with E-state index >= 15 is 0 Å². The average molecular weight is 317 g/mol. The van der Waals surface area contributed by atoms with Gasteiger partial charge in [0.1, 0.15) is 0 Å². The highest BCUT2D eigenvalue weighted by atomic mass is 35.5. The summed E-state index contributed by atoms with van der Waals surface area (Å²) in [6.45, 7) is 2.14. The zero-order valence-electron chi connectivity index (χ0n) is 10.4. The summed E-state index contributed by atoms with van der Waals surface area (Å²) in [5, 5.41) is 9.99. The Hall–Kier alpha value is -0.910. The Morgan fingerprint density at radius 3 is 2.84 bits per heavy atom. The number of benzene rings is 1. The van der Waals surface area contributed by atoms with E-state index in [1.807, 2.05) is 0 Å². The van der Waals surface area contributed by atoms with E-state index in [0.717, 1.165) is 18.6 Å². The lowest BCUT2D eigenvalue weighted by Gasteiger charge is -2.05. The topological polar surface area (TPSA) is 56.7 Å². The van der Waals surface area contributed by atoms with Crippen molar-refractivity contribution < 1.29 is 0 Å². The summed E-state index contributed by atoms with van der Waals surface area (Å²) in [6.07, 6.45) is 2.25. The van der Waals surface area contributed by atoms with Gasteiger partial charge in [-0.2, -0.15) is 0 Å². The van der Waals surface area contributed by atoms with Crippen LogP contribution in [0.15, 0.2) is 23.4 Å². The lowest BCUT2D eigenvalue weighted by Crippen LogP contribution is -2.11. The second-order valence-electron chi connectivity index (χ2n) is 4.00. The average Bonchev–Trinajstić information content (AvgIpc) is 2.75. The van der Waals surface area contributed by atoms with E-state index in [4.69, 9.17) is 29.0 Å². The SMILES string of the molecule is CCCCSc1nnc(-c2cc(Cl)ccc2Cl)n1N. The van der Waals surface area contributed by atoms with Crippen molar-refractivity contribution in [3.63, 3.8) is 0 Å². The molecular formula is C12H14Cl2N4S. The Morgan fingerprint density at radius 1 is 1.32 bits per heavy atom. The third-order valence-electron chi connectivity index (χ3n) is 2.56. The van der Waals surface area contributed by atoms with Crippen LogP contribution in [0.4, 0.5) is 0 Å². The van der Waals surface area contributed by atoms with Crippen LogP contribution in [-0.2, 0) is 0 Å². The first-order chi connectivity index (χ1) is 9.13. The molecule has 2 rings (SSSR count). The maximum atomic E-state index is 6.14. The Bertz CT molecular complexity index is 571. The summed E-state index contributed by atoms with van der Waals surface area (Å²) in [5.41, 5.74) is 0.687. The van der Waals surface area contributed by atoms with Crippen LogP contribution < -0.4 is 5.84 Å². The fourth-order valence-corrected chi connectivity index (χ4v) is 2.85. The maximum Gasteiger partial charge on any atom is 0.210 e. The van der Waals surface area contributed by atoms with E-state index in [1.165, 1.54) is 4.68 Å². The van der Waals surface area contributed by atoms with Crippen molar-refractivity contribution in [1.29, 1.82) is 0 Å². The standard InChI is InChI=1S/C12H14Cl2N4S/c1-2-3-6-19-12-17-16-11(18(12)15)9-7-8(13)4-5-10(9)14/h4-5,7H,2-3,6,15H2,1H3. The number of nitrogen functional groups attached to an aromatic ring is 1. The van der Waals surface area contributed by atoms with Gasteiger partial charge >= 0.3 is 0 Å². The Labute approximate surface area is 126 Å². The molecule has 0 atom stereocenters. The molecule has 1 aromatic carbocycles. The molecule has 102 valence electrons. The molecule has 0 aliphatic rings. The van der Waals surface area contributed by atoms with Gasteiger partial charge in [0.2, 0.25) is 5.16 Å². The highest BCUT2D eigenvalue weighted by molar-refractivity contribution is 7.99. The molecule has 7 heteroatoms. The number of aromatic nitrogens is 3. The number of unbranched alkanes of at least 4 members (excludes halogenated alkanes) is 1. The fourth-order valence-electron chi connectivity index (χ4n) is 1.54. The van der Waals surface area contributed by atoms with Crippen molar-refractivity contribution in [2.75, 3.05) is 11.6 Å². The summed E-state index contributed by atoms with van der Waals surface area (Å²) in [5.74, 6) is 7.49. The Kier molecular flexibility index (Phi) is 4.96. The zero-order valence-corrected chi connectivity index (χ0v) is 12.8. The second-order valence-corrected chi connectivity index (χ2v) is 5.91. The quantitative estimate of drug-likeness (QED) is 0.517. The molecule has 1 heterocycles. The molecule has 4 nitrogen and oxygen atoms in total. The molecule has 0 fully saturated rings. The second kappa shape index (κ2) is 6.50. The van der Waals surface area contributed by atoms with Crippen molar-refractivity contribution in [2.45, 2.75) is 24.9 Å². The van der Waals surface area contributed by atoms with Gasteiger partial charge in [-0.1, -0.05) is 48.3 Å². The monoisotopic (exact) mass is 316 g/mol. The molecule has 2 aromatic rings. The van der Waals surface area contributed by atoms with Crippen LogP contribution in [0.1, 0.15) is 19.8 Å². The van der Waals surface area contributed by atoms with Gasteiger partial charge in [-0.05, 0) is 24.6 Å². The molecule has 0 radical (unpaired) electrons. The van der Waals surface area contributed by atoms with Crippen LogP contribution in [0.5, 0.6) is 0 Å². The molecule has 19 heavy (non-hydrogen) atoms. The number of hydrogen-bond donors (Lipinski definition) is 1. The predicted octanol–water partition coefficient (Wildman–Crippen LogP) is 3.86. The van der Waals surface area contributed by atoms with E-state index in [9.17, 15) is 0 Å². The molecule has 0 aliphatic carbocycles. The van der Waals surface area contributed by atoms with Gasteiger partial charge in [-0.25, -0.2) is 4.68 Å². The number of thioether (sulfide) groups is 1. The van der Waals surface area contributed by atoms with Crippen LogP contribution in [0.3, 0.4) is 0 Å². The van der Waals surface area contributed by atoms with Crippen molar-refractivity contribution in [3.05, 3.63) is 28.2 Å². The number of rotatable bonds is 5. The zero-order chi connectivity index (χ0) is 13.8. The number of nitrogens with zero attached hydrogens (tertiary/aromatic N) is 3. The van der Waals surface area contributed by atoms with Gasteiger partial charge < -0.3 is 5.84 Å². The molecule has 2 N–H and O–H groups in total. The van der Waals surface area contributed by atoms with Gasteiger partial charge in [0, 0.05) is 16.3 Å². The summed E-state index contributed by atoms with van der Waals surface area (Å²) < 4.78 is 1.46. The first-order valence-electron chi connectivity index (χ1n) is 5.92. The van der Waals surface area contributed by atoms with Crippen LogP contribution in [0, 0.1) is 0 Å². The number of hydrogen-bond acceptors (Lipinski definition) is 4. The van der Waals surface area contributed by atoms with Crippen molar-refractivity contribution >= 4 is 35.0 Å². The molecule has 0 spiro atoms. The number of nitrogens with two attached hydrogens (primary N) is 1. The smallest absolute Gasteiger partial charge is 0.210 e. The van der Waals surface area contributed by atoms with Gasteiger partial charge in [0.05, 0.1) is 5.02 Å². The third kappa shape index (κ3) is 3.35. The largest absolute Gasteiger partial charge is 0.335 e. The van der Waals surface area contributed by atoms with Gasteiger partial charge in [-0.15, -0.1) is 10.2 Å². The van der Waals surface area contributed by atoms with Crippen LogP contribution >= 0.6 is 35.0 Å².